The van der Waals surface area contributed by atoms with Crippen molar-refractivity contribution in [2.75, 3.05) is 4.90 Å². The first-order valence-corrected chi connectivity index (χ1v) is 9.88. The lowest BCUT2D eigenvalue weighted by molar-refractivity contribution is -0.136. The van der Waals surface area contributed by atoms with Gasteiger partial charge in [-0.15, -0.1) is 0 Å². The number of para-hydroxylation sites is 1. The van der Waals surface area contributed by atoms with E-state index in [0.717, 1.165) is 11.1 Å². The molecule has 1 unspecified atom stereocenters. The molecule has 0 fully saturated rings. The number of phenols is 1. The van der Waals surface area contributed by atoms with Crippen LogP contribution in [0.4, 0.5) is 5.69 Å². The summed E-state index contributed by atoms with van der Waals surface area (Å²) in [5.74, 6) is -1.32. The van der Waals surface area contributed by atoms with Gasteiger partial charge < -0.3 is 15.1 Å². The zero-order chi connectivity index (χ0) is 21.5. The van der Waals surface area contributed by atoms with E-state index in [9.17, 15) is 19.8 Å². The van der Waals surface area contributed by atoms with Crippen LogP contribution >= 0.6 is 11.6 Å². The molecule has 1 heterocycles. The molecular formula is C24H20ClNO4. The summed E-state index contributed by atoms with van der Waals surface area (Å²) < 4.78 is 0. The highest BCUT2D eigenvalue weighted by atomic mass is 35.5. The molecule has 3 aromatic carbocycles. The fraction of sp³-hybridized carbons (Fsp3) is 0.167. The van der Waals surface area contributed by atoms with Crippen molar-refractivity contribution in [3.05, 3.63) is 94.0 Å². The van der Waals surface area contributed by atoms with Gasteiger partial charge in [-0.05, 0) is 42.8 Å². The lowest BCUT2D eigenvalue weighted by Crippen LogP contribution is -2.41. The Morgan fingerprint density at radius 1 is 1.07 bits per heavy atom. The maximum atomic E-state index is 13.3. The molecule has 0 aromatic heterocycles. The van der Waals surface area contributed by atoms with Crippen molar-refractivity contribution in [2.24, 2.45) is 0 Å². The Balaban J connectivity index is 1.72. The number of Topliss-reactive ketones (excluding diaryl/α,β-unsaturated/α-hetero) is 1. The number of carbonyl (C=O) groups excluding carboxylic acids is 2. The van der Waals surface area contributed by atoms with Gasteiger partial charge in [0, 0.05) is 10.6 Å². The number of fused-ring (bicyclic) bond motifs is 1. The van der Waals surface area contributed by atoms with Gasteiger partial charge in [-0.25, -0.2) is 0 Å². The summed E-state index contributed by atoms with van der Waals surface area (Å²) in [6.45, 7) is 2.23. The number of anilines is 1. The van der Waals surface area contributed by atoms with Gasteiger partial charge in [0.25, 0.3) is 5.91 Å². The number of halogens is 1. The van der Waals surface area contributed by atoms with Gasteiger partial charge in [0.1, 0.15) is 5.75 Å². The molecule has 4 rings (SSSR count). The minimum absolute atomic E-state index is 0.0549. The summed E-state index contributed by atoms with van der Waals surface area (Å²) in [6.07, 6.45) is -0.499. The molecule has 0 saturated heterocycles. The van der Waals surface area contributed by atoms with Crippen LogP contribution in [0.25, 0.3) is 0 Å². The third kappa shape index (κ3) is 3.47. The lowest BCUT2D eigenvalue weighted by atomic mass is 9.88. The zero-order valence-corrected chi connectivity index (χ0v) is 17.1. The first-order chi connectivity index (χ1) is 14.3. The van der Waals surface area contributed by atoms with Crippen molar-refractivity contribution in [3.63, 3.8) is 0 Å². The Labute approximate surface area is 179 Å². The van der Waals surface area contributed by atoms with Crippen molar-refractivity contribution < 1.29 is 19.8 Å². The Morgan fingerprint density at radius 3 is 2.47 bits per heavy atom. The van der Waals surface area contributed by atoms with Gasteiger partial charge in [0.05, 0.1) is 24.2 Å². The van der Waals surface area contributed by atoms with E-state index < -0.39 is 23.7 Å². The number of hydrogen-bond acceptors (Lipinski definition) is 4. The number of rotatable bonds is 5. The fourth-order valence-corrected chi connectivity index (χ4v) is 3.94. The normalized spacial score (nSPS) is 17.8. The summed E-state index contributed by atoms with van der Waals surface area (Å²) in [4.78, 5) is 27.6. The van der Waals surface area contributed by atoms with E-state index in [2.05, 4.69) is 0 Å². The molecule has 1 aliphatic rings. The minimum atomic E-state index is -2.07. The molecular weight excluding hydrogens is 402 g/mol. The summed E-state index contributed by atoms with van der Waals surface area (Å²) in [7, 11) is 0. The van der Waals surface area contributed by atoms with Crippen LogP contribution in [-0.2, 0) is 16.9 Å². The van der Waals surface area contributed by atoms with Crippen molar-refractivity contribution >= 4 is 29.0 Å². The van der Waals surface area contributed by atoms with Crippen LogP contribution in [0.2, 0.25) is 5.02 Å². The maximum Gasteiger partial charge on any atom is 0.264 e. The van der Waals surface area contributed by atoms with Crippen LogP contribution in [0.15, 0.2) is 66.7 Å². The minimum Gasteiger partial charge on any atom is -0.507 e. The number of hydrogen-bond donors (Lipinski definition) is 2. The van der Waals surface area contributed by atoms with Gasteiger partial charge in [-0.1, -0.05) is 53.6 Å². The molecule has 1 aliphatic heterocycles. The quantitative estimate of drug-likeness (QED) is 0.600. The van der Waals surface area contributed by atoms with Crippen LogP contribution in [0.5, 0.6) is 5.75 Å². The molecule has 0 bridgehead atoms. The van der Waals surface area contributed by atoms with Gasteiger partial charge in [0.15, 0.2) is 11.4 Å². The monoisotopic (exact) mass is 421 g/mol. The SMILES string of the molecule is Cc1ccc(CN2C(=O)C(O)(CC(=O)c3ccccc3O)c3cc(Cl)ccc32)cc1. The number of ketones is 1. The first kappa shape index (κ1) is 20.1. The first-order valence-electron chi connectivity index (χ1n) is 9.51. The van der Waals surface area contributed by atoms with Crippen LogP contribution in [0, 0.1) is 6.92 Å². The standard InChI is InChI=1S/C24H20ClNO4/c1-15-6-8-16(9-7-15)14-26-20-11-10-17(25)12-19(20)24(30,23(26)29)13-22(28)18-4-2-3-5-21(18)27/h2-12,27,30H,13-14H2,1H3. The van der Waals surface area contributed by atoms with Crippen molar-refractivity contribution in [2.45, 2.75) is 25.5 Å². The molecule has 1 atom stereocenters. The number of aromatic hydroxyl groups is 1. The van der Waals surface area contributed by atoms with Crippen LogP contribution in [0.3, 0.4) is 0 Å². The maximum absolute atomic E-state index is 13.3. The Hall–Kier alpha value is -3.15. The molecule has 0 saturated carbocycles. The third-order valence-corrected chi connectivity index (χ3v) is 5.61. The molecule has 5 nitrogen and oxygen atoms in total. The highest BCUT2D eigenvalue weighted by Crippen LogP contribution is 2.45. The Kier molecular flexibility index (Phi) is 5.10. The van der Waals surface area contributed by atoms with Gasteiger partial charge >= 0.3 is 0 Å². The molecule has 0 radical (unpaired) electrons. The third-order valence-electron chi connectivity index (χ3n) is 5.38. The average Bonchev–Trinajstić information content (AvgIpc) is 2.91. The predicted octanol–water partition coefficient (Wildman–Crippen LogP) is 4.36. The highest BCUT2D eigenvalue weighted by Gasteiger charge is 2.51. The highest BCUT2D eigenvalue weighted by molar-refractivity contribution is 6.31. The van der Waals surface area contributed by atoms with Crippen molar-refractivity contribution in [1.29, 1.82) is 0 Å². The van der Waals surface area contributed by atoms with E-state index >= 15 is 0 Å². The summed E-state index contributed by atoms with van der Waals surface area (Å²) in [5, 5.41) is 21.7. The summed E-state index contributed by atoms with van der Waals surface area (Å²) in [5.41, 5.74) is 0.784. The number of benzene rings is 3. The van der Waals surface area contributed by atoms with E-state index in [0.29, 0.717) is 10.7 Å². The Morgan fingerprint density at radius 2 is 1.77 bits per heavy atom. The van der Waals surface area contributed by atoms with Crippen molar-refractivity contribution in [3.8, 4) is 5.75 Å². The van der Waals surface area contributed by atoms with E-state index in [4.69, 9.17) is 11.6 Å². The second-order valence-electron chi connectivity index (χ2n) is 7.52. The largest absolute Gasteiger partial charge is 0.507 e. The molecule has 0 spiro atoms. The molecule has 0 aliphatic carbocycles. The fourth-order valence-electron chi connectivity index (χ4n) is 3.76. The topological polar surface area (TPSA) is 77.8 Å². The van der Waals surface area contributed by atoms with E-state index in [1.807, 2.05) is 31.2 Å². The van der Waals surface area contributed by atoms with Crippen LogP contribution in [-0.4, -0.2) is 21.9 Å². The summed E-state index contributed by atoms with van der Waals surface area (Å²) >= 11 is 6.14. The smallest absolute Gasteiger partial charge is 0.264 e. The second-order valence-corrected chi connectivity index (χ2v) is 7.95. The number of nitrogens with zero attached hydrogens (tertiary/aromatic N) is 1. The van der Waals surface area contributed by atoms with Crippen LogP contribution < -0.4 is 4.90 Å². The summed E-state index contributed by atoms with van der Waals surface area (Å²) in [6, 6.07) is 18.6. The lowest BCUT2D eigenvalue weighted by Gasteiger charge is -2.23. The van der Waals surface area contributed by atoms with E-state index in [-0.39, 0.29) is 23.4 Å². The molecule has 1 amide bonds. The second kappa shape index (κ2) is 7.59. The number of aryl methyl sites for hydroxylation is 1. The van der Waals surface area contributed by atoms with Gasteiger partial charge in [-0.3, -0.25) is 9.59 Å². The molecule has 152 valence electrons. The number of carbonyl (C=O) groups is 2. The molecule has 6 heteroatoms. The number of amides is 1. The van der Waals surface area contributed by atoms with Crippen molar-refractivity contribution in [1.82, 2.24) is 0 Å². The number of aliphatic hydroxyl groups is 1. The van der Waals surface area contributed by atoms with Gasteiger partial charge in [0.2, 0.25) is 0 Å². The van der Waals surface area contributed by atoms with Gasteiger partial charge in [-0.2, -0.15) is 0 Å². The molecule has 2 N–H and O–H groups in total. The molecule has 30 heavy (non-hydrogen) atoms. The van der Waals surface area contributed by atoms with Crippen LogP contribution in [0.1, 0.15) is 33.5 Å². The average molecular weight is 422 g/mol. The van der Waals surface area contributed by atoms with E-state index in [1.54, 1.807) is 24.3 Å². The zero-order valence-electron chi connectivity index (χ0n) is 16.3. The Bertz CT molecular complexity index is 1140. The predicted molar refractivity (Wildman–Crippen MR) is 115 cm³/mol. The molecule has 3 aromatic rings. The van der Waals surface area contributed by atoms with E-state index in [1.165, 1.54) is 23.1 Å². The number of phenolic OH excluding ortho intramolecular Hbond substituents is 1.